The van der Waals surface area contributed by atoms with Gasteiger partial charge in [-0.1, -0.05) is 12.1 Å². The largest absolute Gasteiger partial charge is 0.494 e. The first-order chi connectivity index (χ1) is 9.30. The van der Waals surface area contributed by atoms with Crippen LogP contribution in [0.25, 0.3) is 10.9 Å². The van der Waals surface area contributed by atoms with Gasteiger partial charge in [-0.2, -0.15) is 0 Å². The Morgan fingerprint density at radius 1 is 1.10 bits per heavy atom. The predicted molar refractivity (Wildman–Crippen MR) is 81.9 cm³/mol. The lowest BCUT2D eigenvalue weighted by molar-refractivity contribution is 0.00578. The highest BCUT2D eigenvalue weighted by Gasteiger charge is 2.51. The van der Waals surface area contributed by atoms with Crippen LogP contribution in [0.2, 0.25) is 0 Å². The molecule has 0 spiro atoms. The number of hydrogen-bond acceptors (Lipinski definition) is 4. The molecule has 1 aromatic heterocycles. The molecule has 1 aliphatic heterocycles. The number of hydrogen-bond donors (Lipinski definition) is 1. The molecule has 20 heavy (non-hydrogen) atoms. The average Bonchev–Trinajstić information content (AvgIpc) is 2.58. The Kier molecular flexibility index (Phi) is 2.82. The molecule has 0 saturated carbocycles. The van der Waals surface area contributed by atoms with Crippen LogP contribution in [0.15, 0.2) is 30.5 Å². The second-order valence-electron chi connectivity index (χ2n) is 6.27. The summed E-state index contributed by atoms with van der Waals surface area (Å²) in [6.45, 7) is 8.16. The van der Waals surface area contributed by atoms with Crippen LogP contribution in [0.5, 0.6) is 0 Å². The van der Waals surface area contributed by atoms with Crippen molar-refractivity contribution < 1.29 is 9.31 Å². The molecule has 1 fully saturated rings. The lowest BCUT2D eigenvalue weighted by Gasteiger charge is -2.32. The van der Waals surface area contributed by atoms with Crippen molar-refractivity contribution in [2.75, 3.05) is 5.73 Å². The maximum absolute atomic E-state index is 6.09. The Labute approximate surface area is 119 Å². The Morgan fingerprint density at radius 3 is 2.40 bits per heavy atom. The number of benzene rings is 1. The van der Waals surface area contributed by atoms with Gasteiger partial charge in [0.1, 0.15) is 0 Å². The summed E-state index contributed by atoms with van der Waals surface area (Å²) in [6.07, 6.45) is 1.74. The number of nitrogens with zero attached hydrogens (tertiary/aromatic N) is 1. The van der Waals surface area contributed by atoms with E-state index in [1.165, 1.54) is 0 Å². The van der Waals surface area contributed by atoms with Crippen LogP contribution in [0.4, 0.5) is 5.69 Å². The minimum Gasteiger partial charge on any atom is -0.399 e. The van der Waals surface area contributed by atoms with Gasteiger partial charge in [0.05, 0.1) is 22.4 Å². The second-order valence-corrected chi connectivity index (χ2v) is 6.27. The van der Waals surface area contributed by atoms with Crippen LogP contribution in [-0.4, -0.2) is 23.3 Å². The highest BCUT2D eigenvalue weighted by molar-refractivity contribution is 6.62. The highest BCUT2D eigenvalue weighted by atomic mass is 16.7. The third-order valence-corrected chi connectivity index (χ3v) is 4.28. The minimum atomic E-state index is -0.396. The first-order valence-electron chi connectivity index (χ1n) is 6.80. The zero-order valence-corrected chi connectivity index (χ0v) is 12.3. The third kappa shape index (κ3) is 1.98. The number of nitrogens with two attached hydrogens (primary N) is 1. The van der Waals surface area contributed by atoms with E-state index in [4.69, 9.17) is 15.0 Å². The predicted octanol–water partition coefficient (Wildman–Crippen LogP) is 2.12. The van der Waals surface area contributed by atoms with E-state index in [-0.39, 0.29) is 11.2 Å². The number of anilines is 1. The lowest BCUT2D eigenvalue weighted by Crippen LogP contribution is -2.41. The van der Waals surface area contributed by atoms with E-state index in [1.807, 2.05) is 52.0 Å². The van der Waals surface area contributed by atoms with E-state index >= 15 is 0 Å². The monoisotopic (exact) mass is 270 g/mol. The molecule has 0 unspecified atom stereocenters. The standard InChI is InChI=1S/C15H19BN2O2/c1-14(2)15(3,4)20-16(19-14)11-8-10-6-5-7-18-13(10)12(17)9-11/h5-9H,17H2,1-4H3. The van der Waals surface area contributed by atoms with E-state index in [2.05, 4.69) is 4.98 Å². The van der Waals surface area contributed by atoms with Crippen molar-refractivity contribution in [3.63, 3.8) is 0 Å². The van der Waals surface area contributed by atoms with Crippen molar-refractivity contribution in [2.24, 2.45) is 0 Å². The summed E-state index contributed by atoms with van der Waals surface area (Å²) in [5.41, 5.74) is 7.78. The molecular weight excluding hydrogens is 251 g/mol. The fraction of sp³-hybridized carbons (Fsp3) is 0.400. The van der Waals surface area contributed by atoms with Crippen LogP contribution >= 0.6 is 0 Å². The molecule has 0 amide bonds. The van der Waals surface area contributed by atoms with Gasteiger partial charge in [-0.25, -0.2) is 0 Å². The zero-order chi connectivity index (χ0) is 14.5. The first-order valence-corrected chi connectivity index (χ1v) is 6.80. The fourth-order valence-electron chi connectivity index (χ4n) is 2.36. The van der Waals surface area contributed by atoms with Gasteiger partial charge in [-0.3, -0.25) is 4.98 Å². The molecule has 0 bridgehead atoms. The molecule has 1 saturated heterocycles. The van der Waals surface area contributed by atoms with E-state index < -0.39 is 7.12 Å². The maximum atomic E-state index is 6.09. The number of aromatic nitrogens is 1. The van der Waals surface area contributed by atoms with Gasteiger partial charge < -0.3 is 15.0 Å². The van der Waals surface area contributed by atoms with Gasteiger partial charge in [0.2, 0.25) is 0 Å². The van der Waals surface area contributed by atoms with Gasteiger partial charge in [-0.05, 0) is 45.3 Å². The van der Waals surface area contributed by atoms with Crippen LogP contribution in [-0.2, 0) is 9.31 Å². The second kappa shape index (κ2) is 4.20. The first kappa shape index (κ1) is 13.4. The third-order valence-electron chi connectivity index (χ3n) is 4.28. The van der Waals surface area contributed by atoms with Crippen molar-refractivity contribution in [1.29, 1.82) is 0 Å². The number of pyridine rings is 1. The molecule has 3 rings (SSSR count). The normalized spacial score (nSPS) is 20.5. The van der Waals surface area contributed by atoms with E-state index in [9.17, 15) is 0 Å². The van der Waals surface area contributed by atoms with Crippen molar-refractivity contribution >= 4 is 29.2 Å². The highest BCUT2D eigenvalue weighted by Crippen LogP contribution is 2.36. The molecule has 1 aliphatic rings. The van der Waals surface area contributed by atoms with Gasteiger partial charge in [0, 0.05) is 11.6 Å². The van der Waals surface area contributed by atoms with E-state index in [0.717, 1.165) is 16.4 Å². The number of rotatable bonds is 1. The summed E-state index contributed by atoms with van der Waals surface area (Å²) in [6, 6.07) is 7.81. The zero-order valence-electron chi connectivity index (χ0n) is 12.3. The van der Waals surface area contributed by atoms with Crippen LogP contribution < -0.4 is 11.2 Å². The van der Waals surface area contributed by atoms with Crippen molar-refractivity contribution in [1.82, 2.24) is 4.98 Å². The molecule has 0 radical (unpaired) electrons. The molecule has 4 nitrogen and oxygen atoms in total. The Hall–Kier alpha value is -1.59. The minimum absolute atomic E-state index is 0.351. The molecule has 2 heterocycles. The lowest BCUT2D eigenvalue weighted by atomic mass is 9.78. The van der Waals surface area contributed by atoms with Crippen LogP contribution in [0, 0.1) is 0 Å². The average molecular weight is 270 g/mol. The summed E-state index contributed by atoms with van der Waals surface area (Å²) < 4.78 is 12.1. The van der Waals surface area contributed by atoms with Crippen LogP contribution in [0.3, 0.4) is 0 Å². The fourth-order valence-corrected chi connectivity index (χ4v) is 2.36. The molecule has 2 N–H and O–H groups in total. The molecule has 0 atom stereocenters. The maximum Gasteiger partial charge on any atom is 0.494 e. The van der Waals surface area contributed by atoms with Gasteiger partial charge in [0.15, 0.2) is 0 Å². The van der Waals surface area contributed by atoms with Crippen molar-refractivity contribution in [3.05, 3.63) is 30.5 Å². The molecule has 5 heteroatoms. The molecule has 0 aliphatic carbocycles. The smallest absolute Gasteiger partial charge is 0.399 e. The van der Waals surface area contributed by atoms with Crippen molar-refractivity contribution in [3.8, 4) is 0 Å². The van der Waals surface area contributed by atoms with E-state index in [1.54, 1.807) is 6.20 Å². The van der Waals surface area contributed by atoms with Gasteiger partial charge in [0.25, 0.3) is 0 Å². The molecular formula is C15H19BN2O2. The summed E-state index contributed by atoms with van der Waals surface area (Å²) in [5, 5.41) is 0.997. The Balaban J connectivity index is 2.04. The van der Waals surface area contributed by atoms with E-state index in [0.29, 0.717) is 5.69 Å². The number of fused-ring (bicyclic) bond motifs is 1. The van der Waals surface area contributed by atoms with Crippen molar-refractivity contribution in [2.45, 2.75) is 38.9 Å². The van der Waals surface area contributed by atoms with Gasteiger partial charge >= 0.3 is 7.12 Å². The Morgan fingerprint density at radius 2 is 1.75 bits per heavy atom. The molecule has 104 valence electrons. The Bertz CT molecular complexity index is 654. The summed E-state index contributed by atoms with van der Waals surface area (Å²) in [5.74, 6) is 0. The quantitative estimate of drug-likeness (QED) is 0.637. The molecule has 2 aromatic rings. The summed E-state index contributed by atoms with van der Waals surface area (Å²) in [7, 11) is -0.396. The SMILES string of the molecule is CC1(C)OB(c2cc(N)c3ncccc3c2)OC1(C)C. The van der Waals surface area contributed by atoms with Crippen LogP contribution in [0.1, 0.15) is 27.7 Å². The van der Waals surface area contributed by atoms with Gasteiger partial charge in [-0.15, -0.1) is 0 Å². The summed E-state index contributed by atoms with van der Waals surface area (Å²) >= 11 is 0. The molecule has 1 aromatic carbocycles. The number of nitrogen functional groups attached to an aromatic ring is 1. The topological polar surface area (TPSA) is 57.4 Å². The summed E-state index contributed by atoms with van der Waals surface area (Å²) in [4.78, 5) is 4.30.